The van der Waals surface area contributed by atoms with E-state index in [2.05, 4.69) is 15.6 Å². The number of hydrogen-bond acceptors (Lipinski definition) is 6. The van der Waals surface area contributed by atoms with Gasteiger partial charge in [-0.25, -0.2) is 8.78 Å². The van der Waals surface area contributed by atoms with Crippen LogP contribution in [0.25, 0.3) is 10.9 Å². The molecule has 0 atom stereocenters. The van der Waals surface area contributed by atoms with Gasteiger partial charge < -0.3 is 24.8 Å². The summed E-state index contributed by atoms with van der Waals surface area (Å²) in [4.78, 5) is 29.7. The van der Waals surface area contributed by atoms with Gasteiger partial charge in [-0.05, 0) is 61.4 Å². The van der Waals surface area contributed by atoms with Gasteiger partial charge in [0.05, 0.1) is 19.7 Å². The number of benzene rings is 3. The van der Waals surface area contributed by atoms with E-state index in [0.29, 0.717) is 41.0 Å². The van der Waals surface area contributed by atoms with Crippen LogP contribution >= 0.6 is 0 Å². The monoisotopic (exact) mass is 519 g/mol. The first-order valence-corrected chi connectivity index (χ1v) is 11.7. The smallest absolute Gasteiger partial charge is 0.252 e. The van der Waals surface area contributed by atoms with E-state index in [1.807, 2.05) is 0 Å². The van der Waals surface area contributed by atoms with E-state index in [1.54, 1.807) is 18.2 Å². The van der Waals surface area contributed by atoms with Gasteiger partial charge in [-0.15, -0.1) is 0 Å². The lowest BCUT2D eigenvalue weighted by molar-refractivity contribution is -0.118. The summed E-state index contributed by atoms with van der Waals surface area (Å²) >= 11 is 0. The third kappa shape index (κ3) is 4.93. The number of nitrogens with zero attached hydrogens (tertiary/aromatic N) is 1. The number of halogens is 2. The Labute approximate surface area is 216 Å². The highest BCUT2D eigenvalue weighted by Gasteiger charge is 2.51. The number of pyridine rings is 1. The third-order valence-corrected chi connectivity index (χ3v) is 6.26. The molecule has 8 nitrogen and oxygen atoms in total. The maximum Gasteiger partial charge on any atom is 0.252 e. The summed E-state index contributed by atoms with van der Waals surface area (Å²) in [6.07, 6.45) is 2.39. The standard InChI is InChI=1S/C28H23F2N3O5/c1-36-24-14-19-21(15-25(24)37-2)31-12-9-22(19)38-23-8-7-18(13-20(23)30)32-27(35)28(10-11-28)33-26(34)16-3-5-17(29)6-4-16/h3-9,12-15H,10-11H2,1-2H3,(H,32,35)(H,33,34). The Bertz CT molecular complexity index is 1540. The van der Waals surface area contributed by atoms with Gasteiger partial charge in [0.2, 0.25) is 5.91 Å². The maximum atomic E-state index is 15.0. The highest BCUT2D eigenvalue weighted by molar-refractivity contribution is 6.05. The number of carbonyl (C=O) groups excluding carboxylic acids is 2. The zero-order chi connectivity index (χ0) is 26.9. The lowest BCUT2D eigenvalue weighted by Crippen LogP contribution is -2.46. The first kappa shape index (κ1) is 24.9. The minimum atomic E-state index is -1.10. The first-order chi connectivity index (χ1) is 18.3. The molecule has 1 aliphatic rings. The van der Waals surface area contributed by atoms with E-state index in [0.717, 1.165) is 6.07 Å². The molecule has 0 spiro atoms. The fourth-order valence-corrected chi connectivity index (χ4v) is 3.99. The number of carbonyl (C=O) groups is 2. The highest BCUT2D eigenvalue weighted by Crippen LogP contribution is 2.39. The van der Waals surface area contributed by atoms with Gasteiger partial charge in [0.25, 0.3) is 5.91 Å². The largest absolute Gasteiger partial charge is 0.493 e. The van der Waals surface area contributed by atoms with Crippen molar-refractivity contribution in [2.75, 3.05) is 19.5 Å². The van der Waals surface area contributed by atoms with Crippen molar-refractivity contribution in [2.45, 2.75) is 18.4 Å². The molecular formula is C28H23F2N3O5. The molecule has 194 valence electrons. The lowest BCUT2D eigenvalue weighted by atomic mass is 10.1. The molecule has 10 heteroatoms. The number of nitrogens with one attached hydrogen (secondary N) is 2. The molecule has 1 heterocycles. The average molecular weight is 520 g/mol. The molecule has 2 amide bonds. The highest BCUT2D eigenvalue weighted by atomic mass is 19.1. The number of hydrogen-bond donors (Lipinski definition) is 2. The molecule has 0 saturated heterocycles. The van der Waals surface area contributed by atoms with E-state index in [9.17, 15) is 18.4 Å². The molecule has 1 saturated carbocycles. The van der Waals surface area contributed by atoms with E-state index in [-0.39, 0.29) is 17.0 Å². The Morgan fingerprint density at radius 1 is 0.868 bits per heavy atom. The predicted molar refractivity (Wildman–Crippen MR) is 136 cm³/mol. The van der Waals surface area contributed by atoms with Crippen molar-refractivity contribution in [3.05, 3.63) is 84.1 Å². The molecule has 4 aromatic rings. The third-order valence-electron chi connectivity index (χ3n) is 6.26. The maximum absolute atomic E-state index is 15.0. The Kier molecular flexibility index (Phi) is 6.54. The summed E-state index contributed by atoms with van der Waals surface area (Å²) in [7, 11) is 3.03. The molecule has 1 fully saturated rings. The van der Waals surface area contributed by atoms with Gasteiger partial charge >= 0.3 is 0 Å². The molecule has 0 unspecified atom stereocenters. The molecule has 1 aromatic heterocycles. The molecule has 0 radical (unpaired) electrons. The summed E-state index contributed by atoms with van der Waals surface area (Å²) in [5.41, 5.74) is -0.0968. The summed E-state index contributed by atoms with van der Waals surface area (Å²) in [5, 5.41) is 5.94. The number of aromatic nitrogens is 1. The topological polar surface area (TPSA) is 98.8 Å². The number of methoxy groups -OCH3 is 2. The molecule has 1 aliphatic carbocycles. The number of anilines is 1. The van der Waals surface area contributed by atoms with Crippen molar-refractivity contribution in [3.8, 4) is 23.0 Å². The second-order valence-corrected chi connectivity index (χ2v) is 8.78. The number of ether oxygens (including phenoxy) is 3. The van der Waals surface area contributed by atoms with Crippen LogP contribution in [0.1, 0.15) is 23.2 Å². The van der Waals surface area contributed by atoms with Crippen LogP contribution in [0.3, 0.4) is 0 Å². The van der Waals surface area contributed by atoms with Crippen LogP contribution in [0.2, 0.25) is 0 Å². The Balaban J connectivity index is 1.30. The van der Waals surface area contributed by atoms with Gasteiger partial charge in [0.1, 0.15) is 17.1 Å². The summed E-state index contributed by atoms with van der Waals surface area (Å²) in [6, 6.07) is 14.0. The minimum absolute atomic E-state index is 0.0592. The number of fused-ring (bicyclic) bond motifs is 1. The predicted octanol–water partition coefficient (Wildman–Crippen LogP) is 5.22. The van der Waals surface area contributed by atoms with E-state index in [4.69, 9.17) is 14.2 Å². The quantitative estimate of drug-likeness (QED) is 0.331. The molecule has 5 rings (SSSR count). The van der Waals surface area contributed by atoms with Gasteiger partial charge in [0, 0.05) is 35.0 Å². The van der Waals surface area contributed by atoms with Crippen LogP contribution in [-0.4, -0.2) is 36.6 Å². The fraction of sp³-hybridized carbons (Fsp3) is 0.179. The van der Waals surface area contributed by atoms with Crippen LogP contribution in [-0.2, 0) is 4.79 Å². The average Bonchev–Trinajstić information content (AvgIpc) is 3.70. The summed E-state index contributed by atoms with van der Waals surface area (Å²) in [5.74, 6) is -0.868. The molecular weight excluding hydrogens is 496 g/mol. The van der Waals surface area contributed by atoms with Crippen LogP contribution in [0, 0.1) is 11.6 Å². The van der Waals surface area contributed by atoms with Gasteiger partial charge in [-0.2, -0.15) is 0 Å². The summed E-state index contributed by atoms with van der Waals surface area (Å²) in [6.45, 7) is 0. The Hall–Kier alpha value is -4.73. The fourth-order valence-electron chi connectivity index (χ4n) is 3.99. The number of rotatable bonds is 8. The SMILES string of the molecule is COc1cc2nccc(Oc3ccc(NC(=O)C4(NC(=O)c5ccc(F)cc5)CC4)cc3F)c2cc1OC. The molecule has 2 N–H and O–H groups in total. The van der Waals surface area contributed by atoms with E-state index < -0.39 is 29.0 Å². The van der Waals surface area contributed by atoms with Gasteiger partial charge in [0.15, 0.2) is 23.1 Å². The van der Waals surface area contributed by atoms with Gasteiger partial charge in [-0.1, -0.05) is 0 Å². The van der Waals surface area contributed by atoms with Gasteiger partial charge in [-0.3, -0.25) is 14.6 Å². The van der Waals surface area contributed by atoms with Crippen molar-refractivity contribution in [2.24, 2.45) is 0 Å². The summed E-state index contributed by atoms with van der Waals surface area (Å²) < 4.78 is 44.6. The second kappa shape index (κ2) is 9.97. The van der Waals surface area contributed by atoms with Crippen LogP contribution < -0.4 is 24.8 Å². The van der Waals surface area contributed by atoms with E-state index >= 15 is 0 Å². The molecule has 0 bridgehead atoms. The van der Waals surface area contributed by atoms with Crippen LogP contribution in [0.4, 0.5) is 14.5 Å². The molecule has 0 aliphatic heterocycles. The Morgan fingerprint density at radius 3 is 2.24 bits per heavy atom. The normalized spacial score (nSPS) is 13.5. The van der Waals surface area contributed by atoms with Crippen molar-refractivity contribution in [1.29, 1.82) is 0 Å². The van der Waals surface area contributed by atoms with E-state index in [1.165, 1.54) is 56.8 Å². The van der Waals surface area contributed by atoms with Crippen molar-refractivity contribution >= 4 is 28.4 Å². The second-order valence-electron chi connectivity index (χ2n) is 8.78. The number of amides is 2. The minimum Gasteiger partial charge on any atom is -0.493 e. The first-order valence-electron chi connectivity index (χ1n) is 11.7. The molecule has 38 heavy (non-hydrogen) atoms. The lowest BCUT2D eigenvalue weighted by Gasteiger charge is -2.18. The van der Waals surface area contributed by atoms with Crippen molar-refractivity contribution in [3.63, 3.8) is 0 Å². The zero-order valence-corrected chi connectivity index (χ0v) is 20.5. The van der Waals surface area contributed by atoms with Crippen molar-refractivity contribution < 1.29 is 32.6 Å². The van der Waals surface area contributed by atoms with Crippen LogP contribution in [0.15, 0.2) is 66.9 Å². The van der Waals surface area contributed by atoms with Crippen LogP contribution in [0.5, 0.6) is 23.0 Å². The Morgan fingerprint density at radius 2 is 1.58 bits per heavy atom. The van der Waals surface area contributed by atoms with Crippen molar-refractivity contribution in [1.82, 2.24) is 10.3 Å². The zero-order valence-electron chi connectivity index (χ0n) is 20.5. The molecule has 3 aromatic carbocycles.